The first-order chi connectivity index (χ1) is 55.2. The molecule has 6 heterocycles. The molecule has 33 nitrogen and oxygen atoms in total. The molecule has 4 bridgehead atoms. The molecule has 8 fully saturated rings. The molecule has 35 heteroatoms. The van der Waals surface area contributed by atoms with E-state index >= 15 is 0 Å². The van der Waals surface area contributed by atoms with Crippen LogP contribution in [0.25, 0.3) is 0 Å². The lowest BCUT2D eigenvalue weighted by atomic mass is 9.48. The number of nitrogens with zero attached hydrogens (tertiary/aromatic N) is 3. The predicted octanol–water partition coefficient (Wildman–Crippen LogP) is 2.94. The van der Waals surface area contributed by atoms with Crippen molar-refractivity contribution >= 4 is 94.8 Å². The number of likely N-dealkylation sites (tertiary alicyclic amines) is 2. The normalized spacial score (nSPS) is 25.7. The molecule has 4 saturated heterocycles. The largest absolute Gasteiger partial charge is 0.493 e. The van der Waals surface area contributed by atoms with Gasteiger partial charge in [0, 0.05) is 94.6 Å². The van der Waals surface area contributed by atoms with Gasteiger partial charge in [0.2, 0.25) is 17.7 Å². The topological polar surface area (TPSA) is 444 Å². The zero-order valence-electron chi connectivity index (χ0n) is 69.0. The number of esters is 3. The van der Waals surface area contributed by atoms with Crippen molar-refractivity contribution in [3.8, 4) is 23.0 Å². The fraction of sp³-hybridized carbons (Fsp3) is 0.695. The molecule has 0 aromatic heterocycles. The van der Waals surface area contributed by atoms with Crippen molar-refractivity contribution in [2.75, 3.05) is 87.7 Å². The van der Waals surface area contributed by atoms with Gasteiger partial charge >= 0.3 is 35.8 Å². The van der Waals surface area contributed by atoms with Crippen LogP contribution in [0.2, 0.25) is 0 Å². The molecule has 14 rings (SSSR count). The van der Waals surface area contributed by atoms with E-state index in [4.69, 9.17) is 39.4 Å². The highest BCUT2D eigenvalue weighted by Crippen LogP contribution is 2.67. The number of hydrogen-bond donors (Lipinski definition) is 9. The summed E-state index contributed by atoms with van der Waals surface area (Å²) in [6.07, 6.45) is 14.4. The highest BCUT2D eigenvalue weighted by molar-refractivity contribution is 7.10. The molecule has 2 aromatic carbocycles. The lowest BCUT2D eigenvalue weighted by Gasteiger charge is -2.64. The summed E-state index contributed by atoms with van der Waals surface area (Å²) in [6, 6.07) is 8.21. The van der Waals surface area contributed by atoms with Gasteiger partial charge in [-0.05, 0) is 212 Å². The number of piperidine rings is 2. The Bertz CT molecular complexity index is 3980. The van der Waals surface area contributed by atoms with Crippen LogP contribution in [0.3, 0.4) is 0 Å². The molecule has 2 unspecified atom stereocenters. The van der Waals surface area contributed by atoms with Crippen LogP contribution in [0.4, 0.5) is 0 Å². The number of imide groups is 1. The van der Waals surface area contributed by atoms with Crippen molar-refractivity contribution in [2.24, 2.45) is 29.4 Å². The standard InChI is InChI=1S/C39H56N4O10.C21H25NO3.C9H20N3O3P.C9H14N2O4.C4H4O3.B/c1-37(2,42-30(45)13-11-26(44)19-25(7-5-6-17-40-3)35(48)41-21-31(46)47)36(49)52-28-14-15-39(50)29-20-24-10-12-27(51-4)33-32(24)38(39,34(28)53-33)16-18-43(29)22-23-8-9-23;1-24-17-7-4-13-10-15-14-5-6-16(23)20-21(14,18(13)19(17)25-20)8-9-22(15)11-12-2-3-12;1-11-5-3-2-4-7(10)9(14)12-6-8(13)15-16;1-9(2,10-3)8(14)15-11-6(12)4-5-7(11)13;5-3-1-2-4(6)7-3;/h10,12,23,25,28-29,34,40,50H,5-9,11,13-22H2,1-4H3,(H,41,48)(H,42,45)(H,46,47);4,7,12,14-15,20H,2-3,5-6,8-11H2,1H3;7,11H,2-6,10,16H2,1H3,(H,12,14);10H,4-5H2,1-3H3;1-2H2;/t25-,28?,29-,34+,38+,39-;14-,15+,20-,21-;7-;;;/m100.../s1. The van der Waals surface area contributed by atoms with E-state index in [1.807, 2.05) is 35.7 Å². The van der Waals surface area contributed by atoms with Gasteiger partial charge in [0.15, 0.2) is 34.9 Å². The highest BCUT2D eigenvalue weighted by atomic mass is 31.0. The number of ketones is 2. The zero-order valence-corrected chi connectivity index (χ0v) is 70.1. The number of amides is 5. The van der Waals surface area contributed by atoms with Crippen molar-refractivity contribution < 1.29 is 110 Å². The van der Waals surface area contributed by atoms with E-state index < -0.39 is 112 Å². The third-order valence-corrected chi connectivity index (χ3v) is 25.3. The van der Waals surface area contributed by atoms with Crippen LogP contribution in [0.1, 0.15) is 198 Å². The van der Waals surface area contributed by atoms with E-state index in [0.717, 1.165) is 99.8 Å². The Morgan fingerprint density at radius 1 is 0.675 bits per heavy atom. The van der Waals surface area contributed by atoms with E-state index in [9.17, 15) is 67.4 Å². The summed E-state index contributed by atoms with van der Waals surface area (Å²) in [5, 5.41) is 38.5. The van der Waals surface area contributed by atoms with Gasteiger partial charge in [0.1, 0.15) is 42.2 Å². The third-order valence-electron chi connectivity index (χ3n) is 25.0. The average molecular weight is 1650 g/mol. The van der Waals surface area contributed by atoms with Gasteiger partial charge in [-0.15, -0.1) is 5.06 Å². The SMILES string of the molecule is CNC(C)(C)C(=O)ON1C(=O)CCC1=O.CNCCCC[C@H](CC(=O)CCC(=O)NC(C)(C)C(=O)OC1CC[C@@]2(O)[C@H]3Cc4ccc(OC)c5c4[C@@]2(CCN3CC2CC2)[C@H]1O5)C(=O)NCC(=O)O.CNCCCC[C@H](N)C(=O)NCC(=O)OP.COc1ccc2c3c1O[C@H]1C(=O)CC[C@H]4[C@@H](C2)N(CC2CC2)CC[C@]314.O=C1CCC(=O)O1.[B]. The molecule has 10 N–H and O–H groups in total. The Morgan fingerprint density at radius 3 is 1.84 bits per heavy atom. The van der Waals surface area contributed by atoms with Gasteiger partial charge in [-0.25, -0.2) is 14.4 Å². The molecule has 2 spiro atoms. The monoisotopic (exact) mass is 1650 g/mol. The number of aliphatic hydroxyl groups is 1. The Labute approximate surface area is 687 Å². The number of cyclic esters (lactones) is 2. The van der Waals surface area contributed by atoms with Gasteiger partial charge in [-0.1, -0.05) is 25.0 Å². The fourth-order valence-corrected chi connectivity index (χ4v) is 18.4. The number of likely N-dealkylation sites (N-methyl/N-ethyl adjacent to an activating group) is 1. The van der Waals surface area contributed by atoms with Crippen molar-refractivity contribution in [1.29, 1.82) is 0 Å². The Balaban J connectivity index is 0.000000199. The summed E-state index contributed by atoms with van der Waals surface area (Å²) in [5.41, 5.74) is 6.18. The van der Waals surface area contributed by atoms with Crippen molar-refractivity contribution in [2.45, 2.75) is 252 Å². The van der Waals surface area contributed by atoms with Crippen molar-refractivity contribution in [1.82, 2.24) is 46.8 Å². The molecule has 2 aromatic rings. The molecule has 6 aliphatic heterocycles. The fourth-order valence-electron chi connectivity index (χ4n) is 18.3. The smallest absolute Gasteiger partial charge is 0.352 e. The number of methoxy groups -OCH3 is 2. The molecule has 4 saturated carbocycles. The summed E-state index contributed by atoms with van der Waals surface area (Å²) in [6.45, 7) is 11.4. The van der Waals surface area contributed by atoms with Gasteiger partial charge in [0.05, 0.1) is 53.6 Å². The number of Topliss-reactive ketones (excluding diaryl/α,β-unsaturated/α-hetero) is 2. The second kappa shape index (κ2) is 40.2. The number of carboxylic acids is 1. The number of nitrogens with one attached hydrogen (secondary N) is 6. The van der Waals surface area contributed by atoms with Gasteiger partial charge < -0.3 is 85.6 Å². The number of carbonyl (C=O) groups excluding carboxylic acids is 12. The second-order valence-corrected chi connectivity index (χ2v) is 33.9. The zero-order chi connectivity index (χ0) is 84.2. The Morgan fingerprint density at radius 2 is 1.26 bits per heavy atom. The van der Waals surface area contributed by atoms with Crippen LogP contribution in [0.5, 0.6) is 23.0 Å². The third kappa shape index (κ3) is 21.1. The molecule has 12 atom stereocenters. The van der Waals surface area contributed by atoms with E-state index in [-0.39, 0.29) is 89.2 Å². The minimum absolute atomic E-state index is 0. The number of ether oxygens (including phenoxy) is 6. The molecule has 3 radical (unpaired) electrons. The Hall–Kier alpha value is -8.24. The van der Waals surface area contributed by atoms with Gasteiger partial charge in [0.25, 0.3) is 11.8 Å². The van der Waals surface area contributed by atoms with Crippen molar-refractivity contribution in [3.05, 3.63) is 46.5 Å². The molecule has 5 amide bonds. The van der Waals surface area contributed by atoms with E-state index in [1.54, 1.807) is 49.0 Å². The second-order valence-electron chi connectivity index (χ2n) is 33.6. The van der Waals surface area contributed by atoms with Crippen LogP contribution in [0.15, 0.2) is 24.3 Å². The molecule has 643 valence electrons. The van der Waals surface area contributed by atoms with Gasteiger partial charge in [-0.2, -0.15) is 0 Å². The maximum Gasteiger partial charge on any atom is 0.352 e. The Kier molecular flexibility index (Phi) is 31.8. The molecular formula is C82H119BN10O23P. The number of aliphatic carboxylic acids is 1. The van der Waals surface area contributed by atoms with E-state index in [2.05, 4.69) is 63.1 Å². The first-order valence-electron chi connectivity index (χ1n) is 41.0. The number of carbonyl (C=O) groups is 13. The summed E-state index contributed by atoms with van der Waals surface area (Å²) >= 11 is 0. The number of carboxylic acid groups (broad SMARTS) is 1. The number of hydroxylamine groups is 2. The highest BCUT2D eigenvalue weighted by Gasteiger charge is 2.74. The van der Waals surface area contributed by atoms with Crippen LogP contribution in [-0.2, 0) is 105 Å². The van der Waals surface area contributed by atoms with Crippen LogP contribution >= 0.6 is 9.47 Å². The molecule has 6 aliphatic carbocycles. The number of benzene rings is 2. The molecule has 117 heavy (non-hydrogen) atoms. The summed E-state index contributed by atoms with van der Waals surface area (Å²) < 4.78 is 39.0. The lowest BCUT2D eigenvalue weighted by molar-refractivity contribution is -0.218. The number of nitrogens with two attached hydrogens (primary N) is 1. The first-order valence-corrected chi connectivity index (χ1v) is 41.4. The minimum atomic E-state index is -1.44. The summed E-state index contributed by atoms with van der Waals surface area (Å²) in [7, 11) is 10.4. The number of unbranched alkanes of at least 4 members (excludes halogenated alkanes) is 2. The van der Waals surface area contributed by atoms with E-state index in [1.165, 1.54) is 43.4 Å². The summed E-state index contributed by atoms with van der Waals surface area (Å²) in [4.78, 5) is 162. The predicted molar refractivity (Wildman–Crippen MR) is 427 cm³/mol. The van der Waals surface area contributed by atoms with Gasteiger partial charge in [-0.3, -0.25) is 57.7 Å². The first kappa shape index (κ1) is 92.6. The summed E-state index contributed by atoms with van der Waals surface area (Å²) in [5.74, 6) is -1.76. The van der Waals surface area contributed by atoms with Crippen molar-refractivity contribution in [3.63, 3.8) is 0 Å². The van der Waals surface area contributed by atoms with E-state index in [0.29, 0.717) is 91.6 Å². The van der Waals surface area contributed by atoms with Crippen LogP contribution < -0.4 is 56.6 Å². The molecule has 12 aliphatic rings. The average Bonchev–Trinajstić information content (AvgIpc) is 1.57. The quantitative estimate of drug-likeness (QED) is 0.0124. The lowest BCUT2D eigenvalue weighted by Crippen LogP contribution is -2.77. The minimum Gasteiger partial charge on any atom is -0.493 e. The maximum atomic E-state index is 13.8. The molecular weight excluding hydrogens is 1530 g/mol. The maximum absolute atomic E-state index is 13.8. The van der Waals surface area contributed by atoms with Crippen LogP contribution in [0, 0.1) is 23.7 Å². The van der Waals surface area contributed by atoms with Crippen LogP contribution in [-0.4, -0.2) is 251 Å². The number of rotatable bonds is 33. The number of hydrogen-bond acceptors (Lipinski definition) is 28.